The number of anilines is 1. The first-order valence-corrected chi connectivity index (χ1v) is 6.02. The van der Waals surface area contributed by atoms with Crippen molar-refractivity contribution in [3.8, 4) is 0 Å². The second-order valence-corrected chi connectivity index (χ2v) is 2.98. The van der Waals surface area contributed by atoms with Crippen LogP contribution in [-0.2, 0) is 9.13 Å². The average molecular weight is 270 g/mol. The lowest BCUT2D eigenvalue weighted by Gasteiger charge is -1.92. The summed E-state index contributed by atoms with van der Waals surface area (Å²) in [6, 6.07) is 5.75. The van der Waals surface area contributed by atoms with Gasteiger partial charge in [-0.3, -0.25) is 0 Å². The first-order chi connectivity index (χ1) is 7.40. The Labute approximate surface area is 93.5 Å². The van der Waals surface area contributed by atoms with Gasteiger partial charge in [0.25, 0.3) is 0 Å². The van der Waals surface area contributed by atoms with Gasteiger partial charge in [0.1, 0.15) is 5.82 Å². The van der Waals surface area contributed by atoms with Crippen molar-refractivity contribution < 1.29 is 28.7 Å². The number of nitrogens with zero attached hydrogens (tertiary/aromatic N) is 1. The molecular formula is C6H12N2O6P2+2. The molecule has 0 radical (unpaired) electrons. The molecule has 16 heavy (non-hydrogen) atoms. The third-order valence-electron chi connectivity index (χ3n) is 0.921. The highest BCUT2D eigenvalue weighted by Crippen LogP contribution is 1.99. The van der Waals surface area contributed by atoms with Crippen LogP contribution in [-0.4, -0.2) is 31.6 Å². The van der Waals surface area contributed by atoms with Crippen molar-refractivity contribution in [2.45, 2.75) is 0 Å². The van der Waals surface area contributed by atoms with Gasteiger partial charge in [0.15, 0.2) is 0 Å². The standard InChI is InChI=1S/C6H8N2.2HO3P/c1-7-6-4-2-3-5-8-6;2*1-4(2)3/h2-5H,1H3,(H,7,8);2*(H-,1,2,3)/p+2. The Hall–Kier alpha value is -1.01. The molecular weight excluding hydrogens is 258 g/mol. The number of hydrogen-bond donors (Lipinski definition) is 5. The van der Waals surface area contributed by atoms with Crippen LogP contribution in [0.1, 0.15) is 0 Å². The van der Waals surface area contributed by atoms with E-state index in [1.807, 2.05) is 25.2 Å². The van der Waals surface area contributed by atoms with Gasteiger partial charge in [0.2, 0.25) is 0 Å². The molecule has 8 nitrogen and oxygen atoms in total. The molecule has 0 aliphatic heterocycles. The van der Waals surface area contributed by atoms with Gasteiger partial charge in [-0.15, -0.1) is 19.6 Å². The molecule has 0 saturated carbocycles. The molecule has 1 rings (SSSR count). The minimum Gasteiger partial charge on any atom is -0.373 e. The molecule has 0 aromatic carbocycles. The summed E-state index contributed by atoms with van der Waals surface area (Å²) in [6.07, 6.45) is 1.76. The molecule has 0 aliphatic carbocycles. The third kappa shape index (κ3) is 23.1. The van der Waals surface area contributed by atoms with Crippen LogP contribution in [0.4, 0.5) is 5.82 Å². The molecule has 1 heterocycles. The van der Waals surface area contributed by atoms with E-state index >= 15 is 0 Å². The van der Waals surface area contributed by atoms with Crippen LogP contribution < -0.4 is 5.32 Å². The highest BCUT2D eigenvalue weighted by molar-refractivity contribution is 7.31. The molecule has 0 bridgehead atoms. The molecule has 10 heteroatoms. The van der Waals surface area contributed by atoms with Crippen molar-refractivity contribution in [1.29, 1.82) is 0 Å². The SMILES string of the molecule is CNc1ccccn1.O=[P+](O)O.O=[P+](O)O. The van der Waals surface area contributed by atoms with Crippen molar-refractivity contribution in [2.24, 2.45) is 0 Å². The summed E-state index contributed by atoms with van der Waals surface area (Å²) in [5, 5.41) is 2.92. The second kappa shape index (κ2) is 12.1. The van der Waals surface area contributed by atoms with E-state index in [0.717, 1.165) is 5.82 Å². The molecule has 1 aromatic rings. The van der Waals surface area contributed by atoms with E-state index in [0.29, 0.717) is 0 Å². The zero-order chi connectivity index (χ0) is 13.0. The van der Waals surface area contributed by atoms with Crippen molar-refractivity contribution in [3.05, 3.63) is 24.4 Å². The molecule has 1 aromatic heterocycles. The second-order valence-electron chi connectivity index (χ2n) is 1.97. The van der Waals surface area contributed by atoms with Crippen molar-refractivity contribution in [1.82, 2.24) is 4.98 Å². The Morgan fingerprint density at radius 2 is 1.56 bits per heavy atom. The average Bonchev–Trinajstić information content (AvgIpc) is 2.17. The summed E-state index contributed by atoms with van der Waals surface area (Å²) >= 11 is 0. The molecule has 0 unspecified atom stereocenters. The zero-order valence-corrected chi connectivity index (χ0v) is 10.0. The lowest BCUT2D eigenvalue weighted by atomic mass is 10.5. The fourth-order valence-corrected chi connectivity index (χ4v) is 0.511. The Morgan fingerprint density at radius 3 is 1.75 bits per heavy atom. The van der Waals surface area contributed by atoms with Crippen LogP contribution >= 0.6 is 16.5 Å². The summed E-state index contributed by atoms with van der Waals surface area (Å²) in [7, 11) is -3.89. The minimum atomic E-state index is -2.87. The first-order valence-electron chi connectivity index (χ1n) is 3.69. The Bertz CT molecular complexity index is 289. The quantitative estimate of drug-likeness (QED) is 0.461. The van der Waals surface area contributed by atoms with Gasteiger partial charge in [-0.2, -0.15) is 0 Å². The maximum absolute atomic E-state index is 8.70. The maximum Gasteiger partial charge on any atom is 0.692 e. The Balaban J connectivity index is 0. The largest absolute Gasteiger partial charge is 0.692 e. The Morgan fingerprint density at radius 1 is 1.12 bits per heavy atom. The van der Waals surface area contributed by atoms with Gasteiger partial charge in [-0.1, -0.05) is 6.07 Å². The lowest BCUT2D eigenvalue weighted by Crippen LogP contribution is -1.88. The summed E-state index contributed by atoms with van der Waals surface area (Å²) in [4.78, 5) is 32.5. The van der Waals surface area contributed by atoms with Gasteiger partial charge in [0, 0.05) is 22.4 Å². The lowest BCUT2D eigenvalue weighted by molar-refractivity contribution is 0.403. The van der Waals surface area contributed by atoms with Gasteiger partial charge < -0.3 is 5.32 Å². The maximum atomic E-state index is 8.70. The number of hydrogen-bond acceptors (Lipinski definition) is 4. The van der Waals surface area contributed by atoms with Gasteiger partial charge in [-0.05, 0) is 12.1 Å². The predicted molar refractivity (Wildman–Crippen MR) is 57.9 cm³/mol. The van der Waals surface area contributed by atoms with E-state index in [1.54, 1.807) is 6.20 Å². The summed E-state index contributed by atoms with van der Waals surface area (Å²) in [5.74, 6) is 0.910. The topological polar surface area (TPSA) is 140 Å². The van der Waals surface area contributed by atoms with E-state index in [2.05, 4.69) is 10.3 Å². The Kier molecular flexibility index (Phi) is 13.1. The van der Waals surface area contributed by atoms with Crippen LogP contribution in [0.3, 0.4) is 0 Å². The highest BCUT2D eigenvalue weighted by atomic mass is 31.1. The van der Waals surface area contributed by atoms with E-state index in [-0.39, 0.29) is 0 Å². The minimum absolute atomic E-state index is 0.910. The third-order valence-corrected chi connectivity index (χ3v) is 0.921. The van der Waals surface area contributed by atoms with E-state index < -0.39 is 16.5 Å². The smallest absolute Gasteiger partial charge is 0.373 e. The summed E-state index contributed by atoms with van der Waals surface area (Å²) in [6.45, 7) is 0. The van der Waals surface area contributed by atoms with E-state index in [4.69, 9.17) is 28.7 Å². The highest BCUT2D eigenvalue weighted by Gasteiger charge is 1.93. The molecule has 0 fully saturated rings. The normalized spacial score (nSPS) is 7.56. The monoisotopic (exact) mass is 270 g/mol. The molecule has 0 atom stereocenters. The van der Waals surface area contributed by atoms with Crippen molar-refractivity contribution in [3.63, 3.8) is 0 Å². The van der Waals surface area contributed by atoms with Crippen LogP contribution in [0.2, 0.25) is 0 Å². The molecule has 90 valence electrons. The van der Waals surface area contributed by atoms with E-state index in [1.165, 1.54) is 0 Å². The predicted octanol–water partition coefficient (Wildman–Crippen LogP) is 0.380. The molecule has 0 saturated heterocycles. The molecule has 0 amide bonds. The van der Waals surface area contributed by atoms with Gasteiger partial charge in [-0.25, -0.2) is 4.98 Å². The van der Waals surface area contributed by atoms with E-state index in [9.17, 15) is 0 Å². The summed E-state index contributed by atoms with van der Waals surface area (Å²) in [5.41, 5.74) is 0. The fraction of sp³-hybridized carbons (Fsp3) is 0.167. The molecule has 0 spiro atoms. The van der Waals surface area contributed by atoms with Gasteiger partial charge >= 0.3 is 16.5 Å². The summed E-state index contributed by atoms with van der Waals surface area (Å²) < 4.78 is 17.4. The van der Waals surface area contributed by atoms with Crippen LogP contribution in [0.5, 0.6) is 0 Å². The van der Waals surface area contributed by atoms with Crippen LogP contribution in [0, 0.1) is 0 Å². The van der Waals surface area contributed by atoms with Crippen LogP contribution in [0.25, 0.3) is 0 Å². The van der Waals surface area contributed by atoms with Crippen LogP contribution in [0.15, 0.2) is 24.4 Å². The van der Waals surface area contributed by atoms with Crippen molar-refractivity contribution in [2.75, 3.05) is 12.4 Å². The number of pyridine rings is 1. The number of rotatable bonds is 1. The molecule has 0 aliphatic rings. The van der Waals surface area contributed by atoms with Gasteiger partial charge in [0.05, 0.1) is 0 Å². The number of nitrogens with one attached hydrogen (secondary N) is 1. The molecule has 5 N–H and O–H groups in total. The first kappa shape index (κ1) is 17.4. The number of aromatic nitrogens is 1. The zero-order valence-electron chi connectivity index (χ0n) is 8.26. The fourth-order valence-electron chi connectivity index (χ4n) is 0.511. The van der Waals surface area contributed by atoms with Crippen molar-refractivity contribution >= 4 is 22.3 Å².